The van der Waals surface area contributed by atoms with E-state index in [4.69, 9.17) is 20.8 Å². The van der Waals surface area contributed by atoms with Crippen LogP contribution in [0.15, 0.2) is 33.9 Å². The highest BCUT2D eigenvalue weighted by Gasteiger charge is 2.21. The molecule has 1 N–H and O–H groups in total. The van der Waals surface area contributed by atoms with E-state index in [-0.39, 0.29) is 0 Å². The molecule has 1 amide bonds. The van der Waals surface area contributed by atoms with Crippen molar-refractivity contribution in [2.45, 2.75) is 50.3 Å². The normalized spacial score (nSPS) is 12.7. The van der Waals surface area contributed by atoms with Crippen LogP contribution >= 0.6 is 23.4 Å². The van der Waals surface area contributed by atoms with Crippen molar-refractivity contribution in [3.05, 3.63) is 40.7 Å². The van der Waals surface area contributed by atoms with Gasteiger partial charge in [0.05, 0.1) is 0 Å². The first-order valence-corrected chi connectivity index (χ1v) is 8.79. The molecule has 0 aliphatic heterocycles. The lowest BCUT2D eigenvalue weighted by Gasteiger charge is -2.20. The fourth-order valence-electron chi connectivity index (χ4n) is 1.77. The molecule has 0 aliphatic rings. The van der Waals surface area contributed by atoms with Gasteiger partial charge in [0.1, 0.15) is 11.6 Å². The average Bonchev–Trinajstić information content (AvgIpc) is 2.92. The Morgan fingerprint density at radius 3 is 2.83 bits per heavy atom. The van der Waals surface area contributed by atoms with Crippen LogP contribution in [0.1, 0.15) is 45.2 Å². The summed E-state index contributed by atoms with van der Waals surface area (Å²) >= 11 is 7.36. The Kier molecular flexibility index (Phi) is 6.12. The molecule has 2 aromatic rings. The maximum absolute atomic E-state index is 11.8. The maximum Gasteiger partial charge on any atom is 0.408 e. The van der Waals surface area contributed by atoms with E-state index in [9.17, 15) is 4.79 Å². The highest BCUT2D eigenvalue weighted by molar-refractivity contribution is 7.98. The standard InChI is InChI=1S/C16H20ClN3O3S/c1-10(18-14(21)23-16(2,3)4)13-19-20-15(22-13)24-9-11-6-5-7-12(17)8-11/h5-8,10H,9H2,1-4H3,(H,18,21). The Hall–Kier alpha value is -1.73. The molecule has 0 spiro atoms. The number of alkyl carbamates (subject to hydrolysis) is 1. The molecule has 0 radical (unpaired) electrons. The molecule has 0 saturated carbocycles. The summed E-state index contributed by atoms with van der Waals surface area (Å²) in [5.41, 5.74) is 0.503. The highest BCUT2D eigenvalue weighted by Crippen LogP contribution is 2.24. The summed E-state index contributed by atoms with van der Waals surface area (Å²) in [6.07, 6.45) is -0.527. The molecular weight excluding hydrogens is 350 g/mol. The van der Waals surface area contributed by atoms with Crippen molar-refractivity contribution < 1.29 is 13.9 Å². The van der Waals surface area contributed by atoms with Crippen molar-refractivity contribution in [1.82, 2.24) is 15.5 Å². The second-order valence-corrected chi connectivity index (χ2v) is 7.56. The molecule has 24 heavy (non-hydrogen) atoms. The number of carbonyl (C=O) groups excluding carboxylic acids is 1. The molecule has 1 aromatic heterocycles. The van der Waals surface area contributed by atoms with Gasteiger partial charge in [-0.2, -0.15) is 0 Å². The van der Waals surface area contributed by atoms with E-state index in [2.05, 4.69) is 15.5 Å². The number of amides is 1. The van der Waals surface area contributed by atoms with E-state index in [0.29, 0.717) is 21.9 Å². The summed E-state index contributed by atoms with van der Waals surface area (Å²) in [6.45, 7) is 7.15. The van der Waals surface area contributed by atoms with Gasteiger partial charge in [-0.1, -0.05) is 35.5 Å². The summed E-state index contributed by atoms with van der Waals surface area (Å²) in [5.74, 6) is 0.991. The van der Waals surface area contributed by atoms with Gasteiger partial charge in [0.2, 0.25) is 5.89 Å². The number of halogens is 1. The number of ether oxygens (including phenoxy) is 1. The highest BCUT2D eigenvalue weighted by atomic mass is 35.5. The zero-order valence-electron chi connectivity index (χ0n) is 14.0. The van der Waals surface area contributed by atoms with Gasteiger partial charge in [-0.05, 0) is 45.4 Å². The number of carbonyl (C=O) groups is 1. The zero-order valence-corrected chi connectivity index (χ0v) is 15.6. The molecule has 6 nitrogen and oxygen atoms in total. The molecule has 0 bridgehead atoms. The molecule has 0 aliphatic carbocycles. The SMILES string of the molecule is CC(NC(=O)OC(C)(C)C)c1nnc(SCc2cccc(Cl)c2)o1. The van der Waals surface area contributed by atoms with Crippen LogP contribution in [0, 0.1) is 0 Å². The van der Waals surface area contributed by atoms with E-state index < -0.39 is 17.7 Å². The maximum atomic E-state index is 11.8. The van der Waals surface area contributed by atoms with Gasteiger partial charge in [0.25, 0.3) is 5.22 Å². The van der Waals surface area contributed by atoms with Crippen LogP contribution < -0.4 is 5.32 Å². The van der Waals surface area contributed by atoms with Gasteiger partial charge in [-0.25, -0.2) is 4.79 Å². The summed E-state index contributed by atoms with van der Waals surface area (Å²) in [6, 6.07) is 7.14. The Balaban J connectivity index is 1.89. The van der Waals surface area contributed by atoms with Gasteiger partial charge in [-0.3, -0.25) is 0 Å². The van der Waals surface area contributed by atoms with Crippen molar-refractivity contribution in [3.8, 4) is 0 Å². The number of nitrogens with one attached hydrogen (secondary N) is 1. The molecule has 0 saturated heterocycles. The summed E-state index contributed by atoms with van der Waals surface area (Å²) in [4.78, 5) is 11.8. The molecule has 1 aromatic carbocycles. The van der Waals surface area contributed by atoms with E-state index in [1.807, 2.05) is 24.3 Å². The number of hydrogen-bond acceptors (Lipinski definition) is 6. The fraction of sp³-hybridized carbons (Fsp3) is 0.438. The minimum absolute atomic E-state index is 0.328. The lowest BCUT2D eigenvalue weighted by atomic mass is 10.2. The monoisotopic (exact) mass is 369 g/mol. The molecule has 8 heteroatoms. The van der Waals surface area contributed by atoms with E-state index in [1.54, 1.807) is 27.7 Å². The third-order valence-corrected chi connectivity index (χ3v) is 3.90. The van der Waals surface area contributed by atoms with Crippen molar-refractivity contribution in [3.63, 3.8) is 0 Å². The van der Waals surface area contributed by atoms with Gasteiger partial charge < -0.3 is 14.5 Å². The first-order chi connectivity index (χ1) is 11.2. The van der Waals surface area contributed by atoms with Crippen LogP contribution in [-0.4, -0.2) is 21.9 Å². The number of benzene rings is 1. The summed E-state index contributed by atoms with van der Waals surface area (Å²) in [7, 11) is 0. The average molecular weight is 370 g/mol. The molecule has 130 valence electrons. The van der Waals surface area contributed by atoms with Crippen LogP contribution in [0.4, 0.5) is 4.79 Å². The van der Waals surface area contributed by atoms with Crippen molar-refractivity contribution in [2.75, 3.05) is 0 Å². The van der Waals surface area contributed by atoms with Crippen LogP contribution in [0.3, 0.4) is 0 Å². The topological polar surface area (TPSA) is 77.2 Å². The lowest BCUT2D eigenvalue weighted by Crippen LogP contribution is -2.34. The van der Waals surface area contributed by atoms with Crippen molar-refractivity contribution in [2.24, 2.45) is 0 Å². The Morgan fingerprint density at radius 2 is 2.17 bits per heavy atom. The quantitative estimate of drug-likeness (QED) is 0.776. The van der Waals surface area contributed by atoms with Gasteiger partial charge in [-0.15, -0.1) is 10.2 Å². The molecule has 0 fully saturated rings. The largest absolute Gasteiger partial charge is 0.444 e. The van der Waals surface area contributed by atoms with Gasteiger partial charge in [0.15, 0.2) is 0 Å². The smallest absolute Gasteiger partial charge is 0.408 e. The number of nitrogens with zero attached hydrogens (tertiary/aromatic N) is 2. The number of hydrogen-bond donors (Lipinski definition) is 1. The van der Waals surface area contributed by atoms with E-state index in [1.165, 1.54) is 11.8 Å². The second-order valence-electron chi connectivity index (χ2n) is 6.19. The lowest BCUT2D eigenvalue weighted by molar-refractivity contribution is 0.0500. The Morgan fingerprint density at radius 1 is 1.42 bits per heavy atom. The fourth-order valence-corrected chi connectivity index (χ4v) is 2.70. The van der Waals surface area contributed by atoms with Crippen molar-refractivity contribution in [1.29, 1.82) is 0 Å². The third kappa shape index (κ3) is 6.05. The molecule has 2 rings (SSSR count). The minimum Gasteiger partial charge on any atom is -0.444 e. The van der Waals surface area contributed by atoms with E-state index in [0.717, 1.165) is 5.56 Å². The first-order valence-electron chi connectivity index (χ1n) is 7.43. The summed E-state index contributed by atoms with van der Waals surface area (Å²) in [5, 5.41) is 11.7. The summed E-state index contributed by atoms with van der Waals surface area (Å²) < 4.78 is 10.8. The predicted octanol–water partition coefficient (Wildman–Crippen LogP) is 4.60. The van der Waals surface area contributed by atoms with Crippen LogP contribution in [0.5, 0.6) is 0 Å². The minimum atomic E-state index is -0.559. The Bertz CT molecular complexity index is 700. The van der Waals surface area contributed by atoms with Crippen LogP contribution in [-0.2, 0) is 10.5 Å². The second kappa shape index (κ2) is 7.90. The van der Waals surface area contributed by atoms with Gasteiger partial charge in [0, 0.05) is 10.8 Å². The number of rotatable bonds is 5. The molecule has 1 unspecified atom stereocenters. The number of thioether (sulfide) groups is 1. The molecule has 1 heterocycles. The molecule has 1 atom stereocenters. The predicted molar refractivity (Wildman–Crippen MR) is 93.1 cm³/mol. The van der Waals surface area contributed by atoms with Crippen LogP contribution in [0.2, 0.25) is 5.02 Å². The zero-order chi connectivity index (χ0) is 17.7. The number of aromatic nitrogens is 2. The van der Waals surface area contributed by atoms with Crippen molar-refractivity contribution >= 4 is 29.5 Å². The van der Waals surface area contributed by atoms with Gasteiger partial charge >= 0.3 is 6.09 Å². The van der Waals surface area contributed by atoms with E-state index >= 15 is 0 Å². The third-order valence-electron chi connectivity index (χ3n) is 2.78. The van der Waals surface area contributed by atoms with Crippen LogP contribution in [0.25, 0.3) is 0 Å². The Labute approximate surface area is 150 Å². The molecular formula is C16H20ClN3O3S. The first kappa shape index (κ1) is 18.6.